The van der Waals surface area contributed by atoms with Crippen molar-refractivity contribution in [1.29, 1.82) is 5.26 Å². The molecule has 0 spiro atoms. The molecule has 0 heterocycles. The lowest BCUT2D eigenvalue weighted by atomic mass is 10.00. The minimum absolute atomic E-state index is 0.106. The molecular weight excluding hydrogens is 116 g/mol. The predicted molar refractivity (Wildman–Crippen MR) is 34.5 cm³/mol. The average Bonchev–Trinajstić information content (AvgIpc) is 1.84. The lowest BCUT2D eigenvalue weighted by Crippen LogP contribution is -2.34. The molecule has 0 saturated heterocycles. The average molecular weight is 128 g/mol. The van der Waals surface area contributed by atoms with E-state index in [0.29, 0.717) is 12.8 Å². The van der Waals surface area contributed by atoms with Gasteiger partial charge in [0.15, 0.2) is 0 Å². The largest absolute Gasteiger partial charge is 0.396 e. The van der Waals surface area contributed by atoms with E-state index in [9.17, 15) is 0 Å². The van der Waals surface area contributed by atoms with Crippen LogP contribution < -0.4 is 5.73 Å². The van der Waals surface area contributed by atoms with Crippen LogP contribution in [0, 0.1) is 11.3 Å². The molecule has 0 saturated carbocycles. The first-order chi connectivity index (χ1) is 4.12. The van der Waals surface area contributed by atoms with E-state index in [-0.39, 0.29) is 6.61 Å². The maximum atomic E-state index is 8.36. The van der Waals surface area contributed by atoms with Crippen LogP contribution in [0.3, 0.4) is 0 Å². The number of hydrogen-bond donors (Lipinski definition) is 2. The molecule has 0 aromatic carbocycles. The van der Waals surface area contributed by atoms with Crippen molar-refractivity contribution >= 4 is 0 Å². The van der Waals surface area contributed by atoms with Crippen molar-refractivity contribution in [3.63, 3.8) is 0 Å². The molecule has 0 bridgehead atoms. The number of nitriles is 1. The monoisotopic (exact) mass is 128 g/mol. The fourth-order valence-corrected chi connectivity index (χ4v) is 0.502. The fraction of sp³-hybridized carbons (Fsp3) is 0.833. The van der Waals surface area contributed by atoms with Crippen molar-refractivity contribution in [2.24, 2.45) is 5.73 Å². The van der Waals surface area contributed by atoms with Crippen LogP contribution in [-0.4, -0.2) is 17.3 Å². The van der Waals surface area contributed by atoms with E-state index in [1.165, 1.54) is 0 Å². The first-order valence-corrected chi connectivity index (χ1v) is 2.93. The molecule has 0 fully saturated rings. The van der Waals surface area contributed by atoms with Crippen molar-refractivity contribution in [3.05, 3.63) is 0 Å². The highest BCUT2D eigenvalue weighted by Gasteiger charge is 2.15. The quantitative estimate of drug-likeness (QED) is 0.562. The highest BCUT2D eigenvalue weighted by Crippen LogP contribution is 2.05. The van der Waals surface area contributed by atoms with Gasteiger partial charge >= 0.3 is 0 Å². The summed E-state index contributed by atoms with van der Waals surface area (Å²) in [4.78, 5) is 0. The molecule has 0 aliphatic rings. The van der Waals surface area contributed by atoms with Gasteiger partial charge in [0.2, 0.25) is 0 Å². The molecule has 0 aliphatic heterocycles. The van der Waals surface area contributed by atoms with E-state index >= 15 is 0 Å². The zero-order chi connectivity index (χ0) is 7.33. The van der Waals surface area contributed by atoms with Gasteiger partial charge in [0.05, 0.1) is 6.07 Å². The molecule has 0 aliphatic carbocycles. The topological polar surface area (TPSA) is 70.0 Å². The van der Waals surface area contributed by atoms with E-state index in [4.69, 9.17) is 16.1 Å². The zero-order valence-electron chi connectivity index (χ0n) is 5.59. The lowest BCUT2D eigenvalue weighted by Gasteiger charge is -2.12. The third kappa shape index (κ3) is 3.95. The second-order valence-electron chi connectivity index (χ2n) is 2.36. The highest BCUT2D eigenvalue weighted by molar-refractivity contribution is 5.00. The first kappa shape index (κ1) is 8.41. The number of rotatable bonds is 3. The molecule has 52 valence electrons. The van der Waals surface area contributed by atoms with Crippen molar-refractivity contribution in [1.82, 2.24) is 0 Å². The Kier molecular flexibility index (Phi) is 3.21. The van der Waals surface area contributed by atoms with E-state index in [0.717, 1.165) is 0 Å². The van der Waals surface area contributed by atoms with Crippen LogP contribution in [0.4, 0.5) is 0 Å². The maximum absolute atomic E-state index is 8.36. The molecule has 0 amide bonds. The molecular formula is C6H12N2O. The molecule has 1 atom stereocenters. The smallest absolute Gasteiger partial charge is 0.101 e. The third-order valence-corrected chi connectivity index (χ3v) is 1.11. The van der Waals surface area contributed by atoms with Crippen molar-refractivity contribution in [3.8, 4) is 6.07 Å². The highest BCUT2D eigenvalue weighted by atomic mass is 16.2. The molecule has 9 heavy (non-hydrogen) atoms. The Morgan fingerprint density at radius 2 is 2.33 bits per heavy atom. The lowest BCUT2D eigenvalue weighted by molar-refractivity contribution is 0.274. The van der Waals surface area contributed by atoms with Crippen LogP contribution >= 0.6 is 0 Å². The molecule has 3 nitrogen and oxygen atoms in total. The number of nitrogens with zero attached hydrogens (tertiary/aromatic N) is 1. The van der Waals surface area contributed by atoms with Gasteiger partial charge in [0.25, 0.3) is 0 Å². The summed E-state index contributed by atoms with van der Waals surface area (Å²) < 4.78 is 0. The predicted octanol–water partition coefficient (Wildman–Crippen LogP) is -0.000120. The maximum Gasteiger partial charge on any atom is 0.101 e. The summed E-state index contributed by atoms with van der Waals surface area (Å²) in [7, 11) is 0. The number of hydrogen-bond acceptors (Lipinski definition) is 3. The normalized spacial score (nSPS) is 16.2. The van der Waals surface area contributed by atoms with Gasteiger partial charge in [-0.25, -0.2) is 0 Å². The van der Waals surface area contributed by atoms with E-state index in [1.54, 1.807) is 6.92 Å². The molecule has 1 unspecified atom stereocenters. The fourth-order valence-electron chi connectivity index (χ4n) is 0.502. The van der Waals surface area contributed by atoms with Gasteiger partial charge in [-0.3, -0.25) is 0 Å². The summed E-state index contributed by atoms with van der Waals surface area (Å²) in [6.45, 7) is 1.76. The van der Waals surface area contributed by atoms with Crippen molar-refractivity contribution in [2.75, 3.05) is 6.61 Å². The van der Waals surface area contributed by atoms with E-state index in [1.807, 2.05) is 6.07 Å². The Bertz CT molecular complexity index is 115. The zero-order valence-corrected chi connectivity index (χ0v) is 5.59. The summed E-state index contributed by atoms with van der Waals surface area (Å²) in [5, 5.41) is 16.7. The summed E-state index contributed by atoms with van der Waals surface area (Å²) >= 11 is 0. The van der Waals surface area contributed by atoms with Crippen LogP contribution in [-0.2, 0) is 0 Å². The Labute approximate surface area is 55.1 Å². The Morgan fingerprint density at radius 1 is 1.78 bits per heavy atom. The van der Waals surface area contributed by atoms with Crippen molar-refractivity contribution in [2.45, 2.75) is 25.3 Å². The number of aliphatic hydroxyl groups excluding tert-OH is 1. The van der Waals surface area contributed by atoms with Crippen LogP contribution in [0.15, 0.2) is 0 Å². The van der Waals surface area contributed by atoms with E-state index in [2.05, 4.69) is 0 Å². The first-order valence-electron chi connectivity index (χ1n) is 2.93. The molecule has 0 aromatic rings. The van der Waals surface area contributed by atoms with Gasteiger partial charge in [0.1, 0.15) is 5.54 Å². The standard InChI is InChI=1S/C6H12N2O/c1-6(8,5-7)3-2-4-9/h9H,2-4,8H2,1H3. The van der Waals surface area contributed by atoms with Gasteiger partial charge in [-0.15, -0.1) is 0 Å². The Balaban J connectivity index is 3.49. The summed E-state index contributed by atoms with van der Waals surface area (Å²) in [5.41, 5.74) is 4.67. The molecule has 3 heteroatoms. The second-order valence-corrected chi connectivity index (χ2v) is 2.36. The molecule has 0 aromatic heterocycles. The summed E-state index contributed by atoms with van der Waals surface area (Å²) in [6.07, 6.45) is 1.15. The van der Waals surface area contributed by atoms with Gasteiger partial charge in [-0.1, -0.05) is 0 Å². The molecule has 0 radical (unpaired) electrons. The molecule has 0 rings (SSSR count). The van der Waals surface area contributed by atoms with Crippen LogP contribution in [0.1, 0.15) is 19.8 Å². The second kappa shape index (κ2) is 3.44. The van der Waals surface area contributed by atoms with E-state index < -0.39 is 5.54 Å². The minimum Gasteiger partial charge on any atom is -0.396 e. The minimum atomic E-state index is -0.761. The summed E-state index contributed by atoms with van der Waals surface area (Å²) in [5.74, 6) is 0. The van der Waals surface area contributed by atoms with Crippen LogP contribution in [0.25, 0.3) is 0 Å². The molecule has 3 N–H and O–H groups in total. The van der Waals surface area contributed by atoms with Gasteiger partial charge in [-0.05, 0) is 19.8 Å². The number of nitrogens with two attached hydrogens (primary N) is 1. The van der Waals surface area contributed by atoms with Gasteiger partial charge < -0.3 is 10.8 Å². The number of aliphatic hydroxyl groups is 1. The SMILES string of the molecule is CC(N)(C#N)CCCO. The Hall–Kier alpha value is -0.590. The van der Waals surface area contributed by atoms with Gasteiger partial charge in [0, 0.05) is 6.61 Å². The third-order valence-electron chi connectivity index (χ3n) is 1.11. The summed E-state index contributed by atoms with van der Waals surface area (Å²) in [6, 6.07) is 1.94. The van der Waals surface area contributed by atoms with Crippen molar-refractivity contribution < 1.29 is 5.11 Å². The van der Waals surface area contributed by atoms with Crippen LogP contribution in [0.5, 0.6) is 0 Å². The van der Waals surface area contributed by atoms with Crippen LogP contribution in [0.2, 0.25) is 0 Å². The van der Waals surface area contributed by atoms with Gasteiger partial charge in [-0.2, -0.15) is 5.26 Å². The Morgan fingerprint density at radius 3 is 2.67 bits per heavy atom.